The SMILES string of the molecule is CCCOC(=O)C1C(C(=O)N2CCN(C)CC2)[C@@H]2CC[C@H]1O2. The van der Waals surface area contributed by atoms with Crippen molar-refractivity contribution in [3.05, 3.63) is 0 Å². The smallest absolute Gasteiger partial charge is 0.312 e. The first-order valence-electron chi connectivity index (χ1n) is 8.41. The molecule has 22 heavy (non-hydrogen) atoms. The van der Waals surface area contributed by atoms with Gasteiger partial charge in [-0.2, -0.15) is 0 Å². The normalized spacial score (nSPS) is 34.9. The number of esters is 1. The Balaban J connectivity index is 1.69. The van der Waals surface area contributed by atoms with Crippen LogP contribution in [0.4, 0.5) is 0 Å². The fourth-order valence-electron chi connectivity index (χ4n) is 3.83. The van der Waals surface area contributed by atoms with Crippen LogP contribution >= 0.6 is 0 Å². The van der Waals surface area contributed by atoms with Gasteiger partial charge in [-0.25, -0.2) is 0 Å². The molecule has 124 valence electrons. The molecule has 0 aromatic rings. The van der Waals surface area contributed by atoms with Crippen molar-refractivity contribution in [2.45, 2.75) is 38.4 Å². The number of carbonyl (C=O) groups excluding carboxylic acids is 2. The minimum atomic E-state index is -0.405. The zero-order valence-corrected chi connectivity index (χ0v) is 13.5. The van der Waals surface area contributed by atoms with Crippen molar-refractivity contribution in [2.75, 3.05) is 39.8 Å². The second kappa shape index (κ2) is 6.54. The summed E-state index contributed by atoms with van der Waals surface area (Å²) in [4.78, 5) is 29.4. The molecule has 0 saturated carbocycles. The number of hydrogen-bond donors (Lipinski definition) is 0. The largest absolute Gasteiger partial charge is 0.465 e. The minimum Gasteiger partial charge on any atom is -0.465 e. The van der Waals surface area contributed by atoms with Gasteiger partial charge in [0.05, 0.1) is 30.7 Å². The van der Waals surface area contributed by atoms with E-state index in [4.69, 9.17) is 9.47 Å². The van der Waals surface area contributed by atoms with Crippen LogP contribution in [0.2, 0.25) is 0 Å². The predicted molar refractivity (Wildman–Crippen MR) is 80.2 cm³/mol. The Labute approximate surface area is 131 Å². The number of amides is 1. The quantitative estimate of drug-likeness (QED) is 0.708. The summed E-state index contributed by atoms with van der Waals surface area (Å²) in [6.45, 7) is 5.64. The Morgan fingerprint density at radius 3 is 2.36 bits per heavy atom. The zero-order valence-electron chi connectivity index (χ0n) is 13.5. The summed E-state index contributed by atoms with van der Waals surface area (Å²) in [5.41, 5.74) is 0. The van der Waals surface area contributed by atoms with E-state index in [2.05, 4.69) is 11.9 Å². The van der Waals surface area contributed by atoms with Crippen LogP contribution in [-0.2, 0) is 19.1 Å². The Hall–Kier alpha value is -1.14. The standard InChI is InChI=1S/C16H26N2O4/c1-3-10-21-16(20)14-12-5-4-11(22-12)13(14)15(19)18-8-6-17(2)7-9-18/h11-14H,3-10H2,1-2H3/t11-,12+,13?,14?/m0/s1. The predicted octanol–water partition coefficient (Wildman–Crippen LogP) is 0.507. The maximum atomic E-state index is 12.9. The van der Waals surface area contributed by atoms with Gasteiger partial charge in [0.1, 0.15) is 0 Å². The van der Waals surface area contributed by atoms with Gasteiger partial charge in [0.25, 0.3) is 0 Å². The Morgan fingerprint density at radius 1 is 1.09 bits per heavy atom. The minimum absolute atomic E-state index is 0.0822. The van der Waals surface area contributed by atoms with Gasteiger partial charge in [0, 0.05) is 26.2 Å². The van der Waals surface area contributed by atoms with E-state index < -0.39 is 5.92 Å². The third-order valence-electron chi connectivity index (χ3n) is 5.09. The molecule has 3 heterocycles. The lowest BCUT2D eigenvalue weighted by atomic mass is 9.78. The number of ether oxygens (including phenoxy) is 2. The number of likely N-dealkylation sites (N-methyl/N-ethyl adjacent to an activating group) is 1. The number of hydrogen-bond acceptors (Lipinski definition) is 5. The average molecular weight is 310 g/mol. The number of fused-ring (bicyclic) bond motifs is 2. The maximum Gasteiger partial charge on any atom is 0.312 e. The van der Waals surface area contributed by atoms with Crippen LogP contribution in [0.25, 0.3) is 0 Å². The van der Waals surface area contributed by atoms with Crippen molar-refractivity contribution in [1.29, 1.82) is 0 Å². The fraction of sp³-hybridized carbons (Fsp3) is 0.875. The fourth-order valence-corrected chi connectivity index (χ4v) is 3.83. The van der Waals surface area contributed by atoms with Gasteiger partial charge < -0.3 is 19.3 Å². The monoisotopic (exact) mass is 310 g/mol. The van der Waals surface area contributed by atoms with Gasteiger partial charge in [-0.1, -0.05) is 6.92 Å². The van der Waals surface area contributed by atoms with Crippen molar-refractivity contribution in [2.24, 2.45) is 11.8 Å². The first kappa shape index (κ1) is 15.7. The number of piperazine rings is 1. The van der Waals surface area contributed by atoms with Crippen molar-refractivity contribution in [3.63, 3.8) is 0 Å². The highest BCUT2D eigenvalue weighted by molar-refractivity contribution is 5.87. The Morgan fingerprint density at radius 2 is 1.73 bits per heavy atom. The molecule has 0 aromatic heterocycles. The maximum absolute atomic E-state index is 12.9. The molecule has 3 fully saturated rings. The van der Waals surface area contributed by atoms with Crippen LogP contribution in [0.5, 0.6) is 0 Å². The average Bonchev–Trinajstić information content (AvgIpc) is 3.13. The van der Waals surface area contributed by atoms with E-state index in [1.807, 2.05) is 11.8 Å². The summed E-state index contributed by atoms with van der Waals surface area (Å²) in [5.74, 6) is -0.913. The molecule has 6 nitrogen and oxygen atoms in total. The highest BCUT2D eigenvalue weighted by atomic mass is 16.5. The van der Waals surface area contributed by atoms with E-state index in [-0.39, 0.29) is 30.0 Å². The molecule has 4 atom stereocenters. The molecule has 6 heteroatoms. The van der Waals surface area contributed by atoms with Crippen LogP contribution < -0.4 is 0 Å². The molecular weight excluding hydrogens is 284 g/mol. The van der Waals surface area contributed by atoms with Gasteiger partial charge in [0.15, 0.2) is 0 Å². The third-order valence-corrected chi connectivity index (χ3v) is 5.09. The zero-order chi connectivity index (χ0) is 15.7. The Bertz CT molecular complexity index is 434. The molecule has 2 bridgehead atoms. The molecule has 3 aliphatic heterocycles. The van der Waals surface area contributed by atoms with Gasteiger partial charge in [0.2, 0.25) is 5.91 Å². The van der Waals surface area contributed by atoms with Gasteiger partial charge in [-0.15, -0.1) is 0 Å². The molecule has 3 aliphatic rings. The van der Waals surface area contributed by atoms with Crippen molar-refractivity contribution >= 4 is 11.9 Å². The van der Waals surface area contributed by atoms with Crippen LogP contribution in [0.15, 0.2) is 0 Å². The summed E-state index contributed by atoms with van der Waals surface area (Å²) in [6.07, 6.45) is 2.31. The molecule has 0 N–H and O–H groups in total. The molecule has 0 radical (unpaired) electrons. The second-order valence-corrected chi connectivity index (χ2v) is 6.64. The molecule has 0 spiro atoms. The first-order valence-corrected chi connectivity index (χ1v) is 8.41. The molecule has 0 aromatic carbocycles. The summed E-state index contributed by atoms with van der Waals surface area (Å²) < 4.78 is 11.2. The first-order chi connectivity index (χ1) is 10.6. The van der Waals surface area contributed by atoms with Crippen molar-refractivity contribution in [1.82, 2.24) is 9.80 Å². The van der Waals surface area contributed by atoms with E-state index in [9.17, 15) is 9.59 Å². The lowest BCUT2D eigenvalue weighted by Crippen LogP contribution is -2.52. The topological polar surface area (TPSA) is 59.1 Å². The summed E-state index contributed by atoms with van der Waals surface area (Å²) in [6, 6.07) is 0. The Kier molecular flexibility index (Phi) is 4.68. The van der Waals surface area contributed by atoms with Gasteiger partial charge in [-0.3, -0.25) is 9.59 Å². The van der Waals surface area contributed by atoms with Crippen LogP contribution in [0.1, 0.15) is 26.2 Å². The molecule has 3 rings (SSSR count). The van der Waals surface area contributed by atoms with Crippen LogP contribution in [-0.4, -0.2) is 73.7 Å². The third kappa shape index (κ3) is 2.86. The second-order valence-electron chi connectivity index (χ2n) is 6.64. The highest BCUT2D eigenvalue weighted by Crippen LogP contribution is 2.45. The number of rotatable bonds is 4. The van der Waals surface area contributed by atoms with Crippen LogP contribution in [0, 0.1) is 11.8 Å². The van der Waals surface area contributed by atoms with E-state index in [1.54, 1.807) is 0 Å². The van der Waals surface area contributed by atoms with Crippen molar-refractivity contribution < 1.29 is 19.1 Å². The number of nitrogens with zero attached hydrogens (tertiary/aromatic N) is 2. The van der Waals surface area contributed by atoms with Crippen molar-refractivity contribution in [3.8, 4) is 0 Å². The van der Waals surface area contributed by atoms with E-state index in [0.717, 1.165) is 45.4 Å². The van der Waals surface area contributed by atoms with E-state index >= 15 is 0 Å². The molecule has 0 aliphatic carbocycles. The van der Waals surface area contributed by atoms with E-state index in [0.29, 0.717) is 6.61 Å². The molecule has 2 unspecified atom stereocenters. The summed E-state index contributed by atoms with van der Waals surface area (Å²) in [7, 11) is 2.06. The summed E-state index contributed by atoms with van der Waals surface area (Å²) in [5, 5.41) is 0. The highest BCUT2D eigenvalue weighted by Gasteiger charge is 2.56. The summed E-state index contributed by atoms with van der Waals surface area (Å²) >= 11 is 0. The van der Waals surface area contributed by atoms with Gasteiger partial charge >= 0.3 is 5.97 Å². The van der Waals surface area contributed by atoms with Gasteiger partial charge in [-0.05, 0) is 26.3 Å². The molecular formula is C16H26N2O4. The molecule has 3 saturated heterocycles. The van der Waals surface area contributed by atoms with E-state index in [1.165, 1.54) is 0 Å². The lowest BCUT2D eigenvalue weighted by molar-refractivity contribution is -0.156. The number of carbonyl (C=O) groups is 2. The lowest BCUT2D eigenvalue weighted by Gasteiger charge is -2.36. The van der Waals surface area contributed by atoms with Crippen LogP contribution in [0.3, 0.4) is 0 Å². The molecule has 1 amide bonds.